The van der Waals surface area contributed by atoms with Gasteiger partial charge in [-0.05, 0) is 32.1 Å². The van der Waals surface area contributed by atoms with Crippen LogP contribution in [0.3, 0.4) is 0 Å². The summed E-state index contributed by atoms with van der Waals surface area (Å²) in [6.07, 6.45) is 6.55. The van der Waals surface area contributed by atoms with E-state index in [0.29, 0.717) is 6.04 Å². The molecule has 0 saturated carbocycles. The standard InChI is InChI=1S/C16H19N7/c1-23-7-4-10(9-23)21-13-3-5-18-15-14(13)11(8-20-15)12-2-6-19-16(17)22-12/h2-3,5-6,8,10H,4,7,9H2,1H3,(H2,17,19,22)(H2,18,20,21). The van der Waals surface area contributed by atoms with E-state index in [4.69, 9.17) is 5.73 Å². The molecule has 7 nitrogen and oxygen atoms in total. The predicted octanol–water partition coefficient (Wildman–Crippen LogP) is 1.72. The number of likely N-dealkylation sites (tertiary alicyclic amines) is 1. The Bertz CT molecular complexity index is 841. The number of anilines is 2. The zero-order valence-corrected chi connectivity index (χ0v) is 13.0. The molecule has 1 atom stereocenters. The maximum atomic E-state index is 5.72. The molecule has 0 amide bonds. The van der Waals surface area contributed by atoms with Gasteiger partial charge in [0.2, 0.25) is 5.95 Å². The van der Waals surface area contributed by atoms with Gasteiger partial charge in [-0.2, -0.15) is 0 Å². The number of nitrogens with one attached hydrogen (secondary N) is 2. The monoisotopic (exact) mass is 309 g/mol. The van der Waals surface area contributed by atoms with Crippen molar-refractivity contribution in [1.29, 1.82) is 0 Å². The summed E-state index contributed by atoms with van der Waals surface area (Å²) in [5.74, 6) is 0.271. The molecule has 3 aromatic rings. The lowest BCUT2D eigenvalue weighted by Gasteiger charge is -2.15. The molecule has 23 heavy (non-hydrogen) atoms. The van der Waals surface area contributed by atoms with Crippen molar-refractivity contribution in [3.05, 3.63) is 30.7 Å². The number of pyridine rings is 1. The highest BCUT2D eigenvalue weighted by Gasteiger charge is 2.21. The van der Waals surface area contributed by atoms with Gasteiger partial charge in [0.15, 0.2) is 0 Å². The Labute approximate surface area is 134 Å². The van der Waals surface area contributed by atoms with E-state index >= 15 is 0 Å². The minimum absolute atomic E-state index is 0.271. The summed E-state index contributed by atoms with van der Waals surface area (Å²) in [7, 11) is 2.15. The first-order valence-electron chi connectivity index (χ1n) is 7.71. The lowest BCUT2D eigenvalue weighted by atomic mass is 10.1. The molecule has 0 radical (unpaired) electrons. The second-order valence-electron chi connectivity index (χ2n) is 5.98. The first-order chi connectivity index (χ1) is 11.2. The molecule has 118 valence electrons. The Balaban J connectivity index is 1.77. The summed E-state index contributed by atoms with van der Waals surface area (Å²) >= 11 is 0. The van der Waals surface area contributed by atoms with Crippen molar-refractivity contribution in [2.45, 2.75) is 12.5 Å². The summed E-state index contributed by atoms with van der Waals surface area (Å²) < 4.78 is 0. The van der Waals surface area contributed by atoms with Gasteiger partial charge in [0.1, 0.15) is 5.65 Å². The normalized spacial score (nSPS) is 18.6. The van der Waals surface area contributed by atoms with Crippen LogP contribution < -0.4 is 11.1 Å². The fourth-order valence-electron chi connectivity index (χ4n) is 3.18. The molecule has 1 fully saturated rings. The number of aromatic nitrogens is 4. The molecule has 0 bridgehead atoms. The fraction of sp³-hybridized carbons (Fsp3) is 0.312. The number of nitrogen functional groups attached to an aromatic ring is 1. The molecule has 7 heteroatoms. The number of fused-ring (bicyclic) bond motifs is 1. The van der Waals surface area contributed by atoms with Gasteiger partial charge in [-0.25, -0.2) is 15.0 Å². The maximum Gasteiger partial charge on any atom is 0.220 e. The van der Waals surface area contributed by atoms with Crippen LogP contribution in [0.25, 0.3) is 22.3 Å². The molecule has 1 saturated heterocycles. The van der Waals surface area contributed by atoms with Gasteiger partial charge < -0.3 is 20.9 Å². The van der Waals surface area contributed by atoms with Crippen LogP contribution >= 0.6 is 0 Å². The second-order valence-corrected chi connectivity index (χ2v) is 5.98. The van der Waals surface area contributed by atoms with Gasteiger partial charge in [0.25, 0.3) is 0 Å². The van der Waals surface area contributed by atoms with E-state index in [0.717, 1.165) is 47.5 Å². The van der Waals surface area contributed by atoms with Gasteiger partial charge in [-0.15, -0.1) is 0 Å². The highest BCUT2D eigenvalue weighted by Crippen LogP contribution is 2.33. The number of H-pyrrole nitrogens is 1. The molecule has 0 aliphatic carbocycles. The summed E-state index contributed by atoms with van der Waals surface area (Å²) in [6, 6.07) is 4.32. The number of rotatable bonds is 3. The van der Waals surface area contributed by atoms with E-state index in [-0.39, 0.29) is 5.95 Å². The van der Waals surface area contributed by atoms with Crippen LogP contribution in [0.15, 0.2) is 30.7 Å². The molecule has 3 aromatic heterocycles. The molecule has 4 rings (SSSR count). The van der Waals surface area contributed by atoms with Crippen LogP contribution in [-0.2, 0) is 0 Å². The molecule has 0 aromatic carbocycles. The molecular weight excluding hydrogens is 290 g/mol. The van der Waals surface area contributed by atoms with Gasteiger partial charge in [0, 0.05) is 42.4 Å². The van der Waals surface area contributed by atoms with Crippen LogP contribution in [-0.4, -0.2) is 51.0 Å². The van der Waals surface area contributed by atoms with E-state index in [1.807, 2.05) is 24.5 Å². The minimum Gasteiger partial charge on any atom is -0.380 e. The Morgan fingerprint density at radius 1 is 1.30 bits per heavy atom. The number of nitrogens with zero attached hydrogens (tertiary/aromatic N) is 4. The summed E-state index contributed by atoms with van der Waals surface area (Å²) in [5, 5.41) is 4.69. The lowest BCUT2D eigenvalue weighted by molar-refractivity contribution is 0.414. The van der Waals surface area contributed by atoms with Crippen LogP contribution in [0, 0.1) is 0 Å². The second kappa shape index (κ2) is 5.51. The summed E-state index contributed by atoms with van der Waals surface area (Å²) in [5.41, 5.74) is 9.42. The highest BCUT2D eigenvalue weighted by atomic mass is 15.2. The van der Waals surface area contributed by atoms with Gasteiger partial charge in [0.05, 0.1) is 11.1 Å². The van der Waals surface area contributed by atoms with Crippen molar-refractivity contribution < 1.29 is 0 Å². The van der Waals surface area contributed by atoms with Crippen molar-refractivity contribution in [3.8, 4) is 11.3 Å². The van der Waals surface area contributed by atoms with E-state index < -0.39 is 0 Å². The quantitative estimate of drug-likeness (QED) is 0.682. The van der Waals surface area contributed by atoms with Crippen molar-refractivity contribution in [3.63, 3.8) is 0 Å². The molecule has 4 N–H and O–H groups in total. The Morgan fingerprint density at radius 3 is 2.96 bits per heavy atom. The Kier molecular flexibility index (Phi) is 3.34. The van der Waals surface area contributed by atoms with E-state index in [9.17, 15) is 0 Å². The topological polar surface area (TPSA) is 95.8 Å². The van der Waals surface area contributed by atoms with Crippen LogP contribution in [0.2, 0.25) is 0 Å². The van der Waals surface area contributed by atoms with Crippen molar-refractivity contribution in [2.75, 3.05) is 31.2 Å². The van der Waals surface area contributed by atoms with Crippen LogP contribution in [0.4, 0.5) is 11.6 Å². The highest BCUT2D eigenvalue weighted by molar-refractivity contribution is 6.01. The summed E-state index contributed by atoms with van der Waals surface area (Å²) in [4.78, 5) is 18.3. The van der Waals surface area contributed by atoms with Crippen LogP contribution in [0.5, 0.6) is 0 Å². The van der Waals surface area contributed by atoms with Gasteiger partial charge >= 0.3 is 0 Å². The number of likely N-dealkylation sites (N-methyl/N-ethyl adjacent to an activating group) is 1. The molecular formula is C16H19N7. The van der Waals surface area contributed by atoms with Crippen molar-refractivity contribution in [1.82, 2.24) is 24.8 Å². The fourth-order valence-corrected chi connectivity index (χ4v) is 3.18. The van der Waals surface area contributed by atoms with Gasteiger partial charge in [-0.3, -0.25) is 0 Å². The molecule has 1 aliphatic rings. The number of aromatic amines is 1. The van der Waals surface area contributed by atoms with Crippen LogP contribution in [0.1, 0.15) is 6.42 Å². The van der Waals surface area contributed by atoms with E-state index in [1.165, 1.54) is 0 Å². The zero-order valence-electron chi connectivity index (χ0n) is 13.0. The first-order valence-corrected chi connectivity index (χ1v) is 7.71. The number of nitrogens with two attached hydrogens (primary N) is 1. The number of hydrogen-bond acceptors (Lipinski definition) is 6. The van der Waals surface area contributed by atoms with E-state index in [2.05, 4.69) is 37.2 Å². The van der Waals surface area contributed by atoms with Crippen molar-refractivity contribution >= 4 is 22.7 Å². The molecule has 1 aliphatic heterocycles. The Morgan fingerprint density at radius 2 is 2.17 bits per heavy atom. The molecule has 1 unspecified atom stereocenters. The largest absolute Gasteiger partial charge is 0.380 e. The molecule has 0 spiro atoms. The Hall–Kier alpha value is -2.67. The van der Waals surface area contributed by atoms with Gasteiger partial charge in [-0.1, -0.05) is 0 Å². The van der Waals surface area contributed by atoms with E-state index in [1.54, 1.807) is 6.20 Å². The third-order valence-electron chi connectivity index (χ3n) is 4.27. The molecule has 4 heterocycles. The SMILES string of the molecule is CN1CCC(Nc2ccnc3[nH]cc(-c4ccnc(N)n4)c23)C1. The maximum absolute atomic E-state index is 5.72. The smallest absolute Gasteiger partial charge is 0.220 e. The third-order valence-corrected chi connectivity index (χ3v) is 4.27. The zero-order chi connectivity index (χ0) is 15.8. The average molecular weight is 309 g/mol. The predicted molar refractivity (Wildman–Crippen MR) is 91.1 cm³/mol. The summed E-state index contributed by atoms with van der Waals surface area (Å²) in [6.45, 7) is 2.17. The van der Waals surface area contributed by atoms with Crippen molar-refractivity contribution in [2.24, 2.45) is 0 Å². The lowest BCUT2D eigenvalue weighted by Crippen LogP contribution is -2.23. The first kappa shape index (κ1) is 14.0. The average Bonchev–Trinajstić information content (AvgIpc) is 3.14. The number of hydrogen-bond donors (Lipinski definition) is 3. The minimum atomic E-state index is 0.271. The third kappa shape index (κ3) is 2.59.